The highest BCUT2D eigenvalue weighted by molar-refractivity contribution is 5.91. The van der Waals surface area contributed by atoms with Gasteiger partial charge in [0, 0.05) is 0 Å². The zero-order chi connectivity index (χ0) is 16.2. The average molecular weight is 314 g/mol. The van der Waals surface area contributed by atoms with Gasteiger partial charge in [-0.3, -0.25) is 14.9 Å². The molecule has 0 aliphatic carbocycles. The summed E-state index contributed by atoms with van der Waals surface area (Å²) < 4.78 is 6.30. The van der Waals surface area contributed by atoms with E-state index < -0.39 is 16.7 Å². The Morgan fingerprint density at radius 2 is 2.04 bits per heavy atom. The molecule has 3 rings (SSSR count). The van der Waals surface area contributed by atoms with Crippen LogP contribution in [0.2, 0.25) is 0 Å². The van der Waals surface area contributed by atoms with Gasteiger partial charge in [-0.1, -0.05) is 18.2 Å². The second-order valence-corrected chi connectivity index (χ2v) is 4.42. The summed E-state index contributed by atoms with van der Waals surface area (Å²) in [5.74, 6) is -0.842. The molecule has 0 fully saturated rings. The number of benzene rings is 1. The number of nitrogens with zero attached hydrogens (tertiary/aromatic N) is 5. The summed E-state index contributed by atoms with van der Waals surface area (Å²) in [7, 11) is 0. The SMILES string of the molecule is O=C(NCc1nnnn1-c1ccccc1)c1ccc([N+](=O)[O-])o1. The van der Waals surface area contributed by atoms with Gasteiger partial charge in [-0.25, -0.2) is 0 Å². The number of nitrogens with one attached hydrogen (secondary N) is 1. The fourth-order valence-electron chi connectivity index (χ4n) is 1.88. The van der Waals surface area contributed by atoms with Crippen LogP contribution in [0.5, 0.6) is 0 Å². The van der Waals surface area contributed by atoms with Crippen molar-refractivity contribution in [3.05, 3.63) is 64.2 Å². The van der Waals surface area contributed by atoms with Gasteiger partial charge in [-0.2, -0.15) is 4.68 Å². The number of nitro groups is 1. The van der Waals surface area contributed by atoms with Crippen LogP contribution in [-0.2, 0) is 6.54 Å². The number of hydrogen-bond acceptors (Lipinski definition) is 7. The van der Waals surface area contributed by atoms with Gasteiger partial charge in [0.2, 0.25) is 0 Å². The van der Waals surface area contributed by atoms with Gasteiger partial charge in [-0.15, -0.1) is 5.10 Å². The van der Waals surface area contributed by atoms with Crippen LogP contribution in [0.1, 0.15) is 16.4 Å². The number of hydrogen-bond donors (Lipinski definition) is 1. The molecule has 0 saturated heterocycles. The molecule has 10 nitrogen and oxygen atoms in total. The summed E-state index contributed by atoms with van der Waals surface area (Å²) in [5.41, 5.74) is 0.746. The van der Waals surface area contributed by atoms with Crippen LogP contribution < -0.4 is 5.32 Å². The van der Waals surface area contributed by atoms with Gasteiger partial charge >= 0.3 is 5.88 Å². The minimum Gasteiger partial charge on any atom is -0.395 e. The fourth-order valence-corrected chi connectivity index (χ4v) is 1.88. The monoisotopic (exact) mass is 314 g/mol. The molecule has 2 aromatic heterocycles. The summed E-state index contributed by atoms with van der Waals surface area (Å²) >= 11 is 0. The molecule has 1 aromatic carbocycles. The Morgan fingerprint density at radius 3 is 2.74 bits per heavy atom. The number of amides is 1. The molecule has 0 radical (unpaired) electrons. The van der Waals surface area contributed by atoms with Crippen molar-refractivity contribution in [1.29, 1.82) is 0 Å². The van der Waals surface area contributed by atoms with Crippen molar-refractivity contribution < 1.29 is 14.1 Å². The van der Waals surface area contributed by atoms with Gasteiger partial charge in [-0.05, 0) is 28.6 Å². The van der Waals surface area contributed by atoms with Crippen LogP contribution in [0.15, 0.2) is 46.9 Å². The lowest BCUT2D eigenvalue weighted by molar-refractivity contribution is -0.402. The molecule has 0 aliphatic heterocycles. The molecule has 2 heterocycles. The summed E-state index contributed by atoms with van der Waals surface area (Å²) in [6.45, 7) is 0.0369. The van der Waals surface area contributed by atoms with Crippen molar-refractivity contribution in [2.45, 2.75) is 6.54 Å². The maximum Gasteiger partial charge on any atom is 0.433 e. The molecule has 0 spiro atoms. The first-order chi connectivity index (χ1) is 11.1. The van der Waals surface area contributed by atoms with Crippen LogP contribution in [0.4, 0.5) is 5.88 Å². The molecular weight excluding hydrogens is 304 g/mol. The minimum atomic E-state index is -0.716. The van der Waals surface area contributed by atoms with E-state index in [9.17, 15) is 14.9 Å². The maximum absolute atomic E-state index is 11.9. The third-order valence-corrected chi connectivity index (χ3v) is 2.94. The minimum absolute atomic E-state index is 0.0369. The van der Waals surface area contributed by atoms with Crippen molar-refractivity contribution in [3.63, 3.8) is 0 Å². The Bertz CT molecular complexity index is 841. The molecule has 10 heteroatoms. The van der Waals surface area contributed by atoms with E-state index in [0.29, 0.717) is 5.82 Å². The summed E-state index contributed by atoms with van der Waals surface area (Å²) in [6, 6.07) is 11.5. The Hall–Kier alpha value is -3.56. The highest BCUT2D eigenvalue weighted by Crippen LogP contribution is 2.15. The Morgan fingerprint density at radius 1 is 1.26 bits per heavy atom. The van der Waals surface area contributed by atoms with Crippen molar-refractivity contribution in [3.8, 4) is 5.69 Å². The lowest BCUT2D eigenvalue weighted by Crippen LogP contribution is -2.24. The van der Waals surface area contributed by atoms with Crippen molar-refractivity contribution in [1.82, 2.24) is 25.5 Å². The molecule has 116 valence electrons. The highest BCUT2D eigenvalue weighted by Gasteiger charge is 2.18. The second-order valence-electron chi connectivity index (χ2n) is 4.42. The highest BCUT2D eigenvalue weighted by atomic mass is 16.6. The predicted octanol–water partition coefficient (Wildman–Crippen LogP) is 1.09. The summed E-state index contributed by atoms with van der Waals surface area (Å²) in [5, 5.41) is 24.3. The Balaban J connectivity index is 1.70. The molecular formula is C13H10N6O4. The van der Waals surface area contributed by atoms with E-state index >= 15 is 0 Å². The first kappa shape index (κ1) is 14.4. The molecule has 0 unspecified atom stereocenters. The molecule has 0 saturated carbocycles. The van der Waals surface area contributed by atoms with Gasteiger partial charge in [0.05, 0.1) is 18.3 Å². The number of carbonyl (C=O) groups is 1. The Labute approximate surface area is 128 Å². The van der Waals surface area contributed by atoms with Gasteiger partial charge in [0.15, 0.2) is 11.6 Å². The van der Waals surface area contributed by atoms with Crippen molar-refractivity contribution in [2.24, 2.45) is 0 Å². The smallest absolute Gasteiger partial charge is 0.395 e. The van der Waals surface area contributed by atoms with Gasteiger partial charge in [0.25, 0.3) is 5.91 Å². The van der Waals surface area contributed by atoms with E-state index in [-0.39, 0.29) is 12.3 Å². The molecule has 3 aromatic rings. The standard InChI is InChI=1S/C13H10N6O4/c20-13(10-6-7-12(23-10)19(21)22)14-8-11-15-16-17-18(11)9-4-2-1-3-5-9/h1-7H,8H2,(H,14,20). The molecule has 23 heavy (non-hydrogen) atoms. The Kier molecular flexibility index (Phi) is 3.78. The number of tetrazole rings is 1. The van der Waals surface area contributed by atoms with Crippen molar-refractivity contribution in [2.75, 3.05) is 0 Å². The quantitative estimate of drug-likeness (QED) is 0.551. The van der Waals surface area contributed by atoms with Crippen LogP contribution in [0, 0.1) is 10.1 Å². The third-order valence-electron chi connectivity index (χ3n) is 2.94. The topological polar surface area (TPSA) is 129 Å². The first-order valence-corrected chi connectivity index (χ1v) is 6.50. The first-order valence-electron chi connectivity index (χ1n) is 6.50. The predicted molar refractivity (Wildman–Crippen MR) is 75.7 cm³/mol. The molecule has 1 amide bonds. The molecule has 0 bridgehead atoms. The number of para-hydroxylation sites is 1. The van der Waals surface area contributed by atoms with E-state index in [1.54, 1.807) is 0 Å². The summed E-state index contributed by atoms with van der Waals surface area (Å²) in [6.07, 6.45) is 0. The normalized spacial score (nSPS) is 10.4. The number of furan rings is 1. The zero-order valence-corrected chi connectivity index (χ0v) is 11.6. The van der Waals surface area contributed by atoms with E-state index in [0.717, 1.165) is 11.8 Å². The average Bonchev–Trinajstić information content (AvgIpc) is 3.22. The largest absolute Gasteiger partial charge is 0.433 e. The van der Waals surface area contributed by atoms with E-state index in [4.69, 9.17) is 4.42 Å². The maximum atomic E-state index is 11.9. The summed E-state index contributed by atoms with van der Waals surface area (Å²) in [4.78, 5) is 21.7. The lowest BCUT2D eigenvalue weighted by Gasteiger charge is -2.04. The molecule has 0 aliphatic rings. The zero-order valence-electron chi connectivity index (χ0n) is 11.6. The van der Waals surface area contributed by atoms with Gasteiger partial charge in [0.1, 0.15) is 4.92 Å². The molecule has 0 atom stereocenters. The van der Waals surface area contributed by atoms with E-state index in [1.165, 1.54) is 10.7 Å². The van der Waals surface area contributed by atoms with E-state index in [1.807, 2.05) is 30.3 Å². The number of carbonyl (C=O) groups excluding carboxylic acids is 1. The van der Waals surface area contributed by atoms with Crippen LogP contribution in [-0.4, -0.2) is 31.0 Å². The lowest BCUT2D eigenvalue weighted by atomic mass is 10.3. The van der Waals surface area contributed by atoms with Crippen LogP contribution in [0.25, 0.3) is 5.69 Å². The number of rotatable bonds is 5. The van der Waals surface area contributed by atoms with Crippen LogP contribution >= 0.6 is 0 Å². The van der Waals surface area contributed by atoms with Crippen molar-refractivity contribution >= 4 is 11.8 Å². The third kappa shape index (κ3) is 3.05. The fraction of sp³-hybridized carbons (Fsp3) is 0.0769. The number of aromatic nitrogens is 4. The van der Waals surface area contributed by atoms with Crippen LogP contribution in [0.3, 0.4) is 0 Å². The second kappa shape index (κ2) is 6.05. The molecule has 1 N–H and O–H groups in total. The van der Waals surface area contributed by atoms with Gasteiger partial charge < -0.3 is 9.73 Å². The van der Waals surface area contributed by atoms with E-state index in [2.05, 4.69) is 20.8 Å².